The average Bonchev–Trinajstić information content (AvgIpc) is 3.44. The van der Waals surface area contributed by atoms with E-state index < -0.39 is 36.2 Å². The lowest BCUT2D eigenvalue weighted by molar-refractivity contribution is -0.173. The van der Waals surface area contributed by atoms with E-state index in [0.717, 1.165) is 16.7 Å². The molecule has 4 aromatic carbocycles. The molecular weight excluding hydrogens is 650 g/mol. The van der Waals surface area contributed by atoms with E-state index in [1.807, 2.05) is 97.1 Å². The van der Waals surface area contributed by atoms with E-state index >= 15 is 0 Å². The van der Waals surface area contributed by atoms with Gasteiger partial charge in [-0.3, -0.25) is 14.4 Å². The van der Waals surface area contributed by atoms with Crippen LogP contribution in [0, 0.1) is 11.3 Å². The van der Waals surface area contributed by atoms with E-state index in [0.29, 0.717) is 23.4 Å². The molecule has 2 amide bonds. The molecule has 1 saturated heterocycles. The molecular formula is C40H41N3O8. The third-order valence-corrected chi connectivity index (χ3v) is 8.21. The third kappa shape index (κ3) is 10.0. The second kappa shape index (κ2) is 16.6. The van der Waals surface area contributed by atoms with Crippen LogP contribution in [0.15, 0.2) is 114 Å². The molecule has 5 rings (SSSR count). The number of esters is 2. The van der Waals surface area contributed by atoms with Gasteiger partial charge in [-0.1, -0.05) is 84.9 Å². The minimum atomic E-state index is -0.765. The largest absolute Gasteiger partial charge is 0.491 e. The van der Waals surface area contributed by atoms with Crippen LogP contribution in [-0.2, 0) is 35.2 Å². The first-order valence-electron chi connectivity index (χ1n) is 16.6. The summed E-state index contributed by atoms with van der Waals surface area (Å²) < 4.78 is 21.5. The molecule has 0 radical (unpaired) electrons. The van der Waals surface area contributed by atoms with Crippen LogP contribution in [0.5, 0.6) is 5.75 Å². The summed E-state index contributed by atoms with van der Waals surface area (Å²) in [5, 5.41) is 0. The lowest BCUT2D eigenvalue weighted by Crippen LogP contribution is -2.37. The lowest BCUT2D eigenvalue weighted by atomic mass is 9.98. The molecule has 11 nitrogen and oxygen atoms in total. The van der Waals surface area contributed by atoms with E-state index in [9.17, 15) is 19.2 Å². The van der Waals surface area contributed by atoms with Crippen molar-refractivity contribution in [3.05, 3.63) is 120 Å². The molecule has 0 unspecified atom stereocenters. The first kappa shape index (κ1) is 36.3. The second-order valence-electron chi connectivity index (χ2n) is 13.1. The first-order valence-corrected chi connectivity index (χ1v) is 16.6. The quantitative estimate of drug-likeness (QED) is 0.0744. The highest BCUT2D eigenvalue weighted by Gasteiger charge is 2.42. The normalized spacial score (nSPS) is 16.0. The zero-order valence-electron chi connectivity index (χ0n) is 28.8. The molecule has 2 atom stereocenters. The molecule has 0 aliphatic carbocycles. The van der Waals surface area contributed by atoms with E-state index in [-0.39, 0.29) is 37.4 Å². The summed E-state index contributed by atoms with van der Waals surface area (Å²) in [7, 11) is 0. The van der Waals surface area contributed by atoms with Crippen molar-refractivity contribution in [2.24, 2.45) is 22.1 Å². The van der Waals surface area contributed by atoms with Gasteiger partial charge in [0.15, 0.2) is 0 Å². The van der Waals surface area contributed by atoms with Crippen molar-refractivity contribution >= 4 is 35.5 Å². The Hall–Kier alpha value is -5.97. The maximum absolute atomic E-state index is 13.5. The smallest absolute Gasteiger partial charge is 0.435 e. The van der Waals surface area contributed by atoms with Crippen LogP contribution in [0.25, 0.3) is 11.1 Å². The number of rotatable bonds is 12. The molecule has 11 heteroatoms. The van der Waals surface area contributed by atoms with Crippen LogP contribution in [0.1, 0.15) is 44.7 Å². The summed E-state index contributed by atoms with van der Waals surface area (Å²) in [4.78, 5) is 55.7. The Morgan fingerprint density at radius 2 is 1.41 bits per heavy atom. The third-order valence-electron chi connectivity index (χ3n) is 8.21. The van der Waals surface area contributed by atoms with Crippen molar-refractivity contribution < 1.29 is 38.1 Å². The molecule has 0 bridgehead atoms. The molecule has 2 N–H and O–H groups in total. The van der Waals surface area contributed by atoms with Crippen LogP contribution in [0.2, 0.25) is 0 Å². The van der Waals surface area contributed by atoms with Crippen LogP contribution in [-0.4, -0.2) is 49.2 Å². The molecule has 0 aromatic heterocycles. The fourth-order valence-corrected chi connectivity index (χ4v) is 5.46. The summed E-state index contributed by atoms with van der Waals surface area (Å²) >= 11 is 0. The number of para-hydroxylation sites is 1. The molecule has 0 spiro atoms. The second-order valence-corrected chi connectivity index (χ2v) is 13.1. The Morgan fingerprint density at radius 1 is 0.804 bits per heavy atom. The fourth-order valence-electron chi connectivity index (χ4n) is 5.46. The summed E-state index contributed by atoms with van der Waals surface area (Å²) in [5.41, 5.74) is 9.33. The number of carbonyl (C=O) groups excluding carboxylic acids is 4. The van der Waals surface area contributed by atoms with Crippen molar-refractivity contribution in [2.75, 3.05) is 18.3 Å². The van der Waals surface area contributed by atoms with Gasteiger partial charge in [0.2, 0.25) is 12.7 Å². The highest BCUT2D eigenvalue weighted by Crippen LogP contribution is 2.33. The minimum Gasteiger partial charge on any atom is -0.491 e. The maximum Gasteiger partial charge on any atom is 0.435 e. The molecule has 0 saturated carbocycles. The number of hydrogen-bond donors (Lipinski definition) is 1. The van der Waals surface area contributed by atoms with Gasteiger partial charge in [0.05, 0.1) is 23.8 Å². The van der Waals surface area contributed by atoms with Gasteiger partial charge in [0.25, 0.3) is 0 Å². The zero-order valence-corrected chi connectivity index (χ0v) is 28.8. The van der Waals surface area contributed by atoms with E-state index in [1.54, 1.807) is 37.8 Å². The Bertz CT molecular complexity index is 1840. The summed E-state index contributed by atoms with van der Waals surface area (Å²) in [6, 6.07) is 33.1. The van der Waals surface area contributed by atoms with Crippen molar-refractivity contribution in [3.63, 3.8) is 0 Å². The van der Waals surface area contributed by atoms with E-state index in [4.69, 9.17) is 24.7 Å². The highest BCUT2D eigenvalue weighted by atomic mass is 16.7. The van der Waals surface area contributed by atoms with Crippen LogP contribution in [0.3, 0.4) is 0 Å². The van der Waals surface area contributed by atoms with Crippen molar-refractivity contribution in [3.8, 4) is 16.9 Å². The van der Waals surface area contributed by atoms with Gasteiger partial charge >= 0.3 is 18.0 Å². The average molecular weight is 692 g/mol. The Kier molecular flexibility index (Phi) is 11.8. The predicted molar refractivity (Wildman–Crippen MR) is 192 cm³/mol. The Morgan fingerprint density at radius 3 is 2.04 bits per heavy atom. The van der Waals surface area contributed by atoms with Crippen molar-refractivity contribution in [1.29, 1.82) is 0 Å². The van der Waals surface area contributed by atoms with Gasteiger partial charge < -0.3 is 29.6 Å². The number of nitrogens with two attached hydrogens (primary N) is 1. The monoisotopic (exact) mass is 691 g/mol. The molecule has 264 valence electrons. The number of benzene rings is 4. The summed E-state index contributed by atoms with van der Waals surface area (Å²) in [6.07, 6.45) is -0.528. The molecule has 51 heavy (non-hydrogen) atoms. The molecule has 1 aliphatic rings. The molecule has 1 aliphatic heterocycles. The molecule has 1 fully saturated rings. The van der Waals surface area contributed by atoms with Crippen LogP contribution in [0.4, 0.5) is 10.5 Å². The number of ether oxygens (including phenoxy) is 4. The summed E-state index contributed by atoms with van der Waals surface area (Å²) in [6.45, 7) is 4.92. The first-order chi connectivity index (χ1) is 24.5. The van der Waals surface area contributed by atoms with Crippen molar-refractivity contribution in [2.45, 2.75) is 46.3 Å². The topological polar surface area (TPSA) is 147 Å². The van der Waals surface area contributed by atoms with Gasteiger partial charge in [-0.25, -0.2) is 4.79 Å². The predicted octanol–water partition coefficient (Wildman–Crippen LogP) is 6.68. The number of hydrogen-bond acceptors (Lipinski definition) is 8. The fraction of sp³-hybridized carbons (Fsp3) is 0.275. The lowest BCUT2D eigenvalue weighted by Gasteiger charge is -2.25. The van der Waals surface area contributed by atoms with Gasteiger partial charge in [0.1, 0.15) is 24.8 Å². The van der Waals surface area contributed by atoms with Crippen LogP contribution >= 0.6 is 0 Å². The van der Waals surface area contributed by atoms with Gasteiger partial charge in [-0.05, 0) is 68.1 Å². The minimum absolute atomic E-state index is 0.0547. The number of amidine groups is 1. The Balaban J connectivity index is 1.16. The van der Waals surface area contributed by atoms with E-state index in [2.05, 4.69) is 4.99 Å². The van der Waals surface area contributed by atoms with E-state index in [1.165, 1.54) is 0 Å². The van der Waals surface area contributed by atoms with Crippen LogP contribution < -0.4 is 15.4 Å². The van der Waals surface area contributed by atoms with Crippen molar-refractivity contribution in [1.82, 2.24) is 0 Å². The maximum atomic E-state index is 13.5. The molecule has 4 aromatic rings. The highest BCUT2D eigenvalue weighted by molar-refractivity contribution is 6.03. The number of nitrogens with zero attached hydrogens (tertiary/aromatic N) is 2. The SMILES string of the molecule is CC(C)(C)C(=O)OCOC(=O)C[C@@H]1C[C@@H](COc2ccc(-c3ccc(C(N)=NC(=O)OCc4ccccc4)cc3)cc2)N(c2ccccc2)C1=O. The standard InChI is InChI=1S/C40H41N3O8/c1-40(2,3)38(46)51-26-50-35(44)23-31-22-33(43(37(31)45)32-12-8-5-9-13-32)25-48-34-20-18-29(19-21-34)28-14-16-30(17-15-28)36(41)42-39(47)49-24-27-10-6-4-7-11-27/h4-21,31,33H,22-26H2,1-3H3,(H2,41,42,47)/t31-,33-/m0/s1. The molecule has 1 heterocycles. The number of anilines is 1. The van der Waals surface area contributed by atoms with Gasteiger partial charge in [0, 0.05) is 11.3 Å². The number of amides is 2. The zero-order chi connectivity index (χ0) is 36.4. The van der Waals surface area contributed by atoms with Gasteiger partial charge in [-0.15, -0.1) is 0 Å². The number of aliphatic imine (C=N–C) groups is 1. The Labute approximate surface area is 297 Å². The van der Waals surface area contributed by atoms with Gasteiger partial charge in [-0.2, -0.15) is 4.99 Å². The number of carbonyl (C=O) groups is 4. The summed E-state index contributed by atoms with van der Waals surface area (Å²) in [5.74, 6) is -1.26.